The second kappa shape index (κ2) is 3.08. The summed E-state index contributed by atoms with van der Waals surface area (Å²) in [6, 6.07) is 0. The highest BCUT2D eigenvalue weighted by Crippen LogP contribution is 1.95. The lowest BCUT2D eigenvalue weighted by Gasteiger charge is -2.08. The highest BCUT2D eigenvalue weighted by molar-refractivity contribution is 6.33. The van der Waals surface area contributed by atoms with Crippen LogP contribution in [0.25, 0.3) is 0 Å². The Morgan fingerprint density at radius 2 is 1.71 bits per heavy atom. The summed E-state index contributed by atoms with van der Waals surface area (Å²) in [6.07, 6.45) is 0. The van der Waals surface area contributed by atoms with E-state index in [4.69, 9.17) is 0 Å². The van der Waals surface area contributed by atoms with E-state index in [-0.39, 0.29) is 0 Å². The fraction of sp³-hybridized carbons (Fsp3) is 1.00. The van der Waals surface area contributed by atoms with Gasteiger partial charge in [0.15, 0.2) is 0 Å². The van der Waals surface area contributed by atoms with Gasteiger partial charge in [0.2, 0.25) is 7.41 Å². The Kier molecular flexibility index (Phi) is 3.09. The third-order valence-corrected chi connectivity index (χ3v) is 0.596. The third kappa shape index (κ3) is 6.02. The summed E-state index contributed by atoms with van der Waals surface area (Å²) in [7, 11) is 6.25. The third-order valence-electron chi connectivity index (χ3n) is 0.596. The van der Waals surface area contributed by atoms with Crippen LogP contribution >= 0.6 is 0 Å². The van der Waals surface area contributed by atoms with Crippen molar-refractivity contribution >= 4 is 7.41 Å². The van der Waals surface area contributed by atoms with Gasteiger partial charge >= 0.3 is 0 Å². The molecule has 0 aromatic heterocycles. The van der Waals surface area contributed by atoms with Crippen molar-refractivity contribution in [2.45, 2.75) is 19.7 Å². The first kappa shape index (κ1) is 7.02. The molecule has 2 heteroatoms. The van der Waals surface area contributed by atoms with Crippen LogP contribution in [0.4, 0.5) is 0 Å². The predicted octanol–water partition coefficient (Wildman–Crippen LogP) is 0.995. The normalized spacial score (nSPS) is 10.6. The summed E-state index contributed by atoms with van der Waals surface area (Å²) in [5.74, 6) is 0.676. The zero-order valence-electron chi connectivity index (χ0n) is 5.60. The Labute approximate surface area is 47.0 Å². The minimum atomic E-state index is 0.676. The second-order valence-corrected chi connectivity index (χ2v) is 2.36. The fourth-order valence-electron chi connectivity index (χ4n) is 0.596. The molecule has 0 spiro atoms. The van der Waals surface area contributed by atoms with E-state index >= 15 is 0 Å². The van der Waals surface area contributed by atoms with E-state index in [9.17, 15) is 0 Å². The van der Waals surface area contributed by atoms with Crippen molar-refractivity contribution in [3.8, 4) is 0 Å². The summed E-state index contributed by atoms with van der Waals surface area (Å²) in [4.78, 5) is 2.07. The molecule has 0 saturated carbocycles. The topological polar surface area (TPSA) is 3.24 Å². The van der Waals surface area contributed by atoms with Crippen molar-refractivity contribution in [3.63, 3.8) is 0 Å². The molecule has 0 aliphatic carbocycles. The molecule has 0 rings (SSSR count). The van der Waals surface area contributed by atoms with E-state index in [1.165, 1.54) is 0 Å². The molecule has 0 fully saturated rings. The van der Waals surface area contributed by atoms with Crippen LogP contribution in [0.15, 0.2) is 0 Å². The Hall–Kier alpha value is 0.0249. The standard InChI is InChI=1S/C5H13BN/c1-5(2)6-7(3)4/h5H,1-4H3. The van der Waals surface area contributed by atoms with Crippen molar-refractivity contribution in [1.82, 2.24) is 4.81 Å². The zero-order valence-corrected chi connectivity index (χ0v) is 5.60. The van der Waals surface area contributed by atoms with Crippen molar-refractivity contribution < 1.29 is 0 Å². The Morgan fingerprint density at radius 3 is 1.71 bits per heavy atom. The molecule has 0 bridgehead atoms. The van der Waals surface area contributed by atoms with Gasteiger partial charge in [-0.3, -0.25) is 0 Å². The molecule has 1 nitrogen and oxygen atoms in total. The summed E-state index contributed by atoms with van der Waals surface area (Å²) in [5, 5.41) is 0. The quantitative estimate of drug-likeness (QED) is 0.465. The van der Waals surface area contributed by atoms with Gasteiger partial charge < -0.3 is 4.81 Å². The lowest BCUT2D eigenvalue weighted by molar-refractivity contribution is 0.646. The fourth-order valence-corrected chi connectivity index (χ4v) is 0.596. The van der Waals surface area contributed by atoms with Crippen molar-refractivity contribution in [1.29, 1.82) is 0 Å². The number of hydrogen-bond donors (Lipinski definition) is 0. The molecule has 0 atom stereocenters. The van der Waals surface area contributed by atoms with Crippen LogP contribution < -0.4 is 0 Å². The van der Waals surface area contributed by atoms with Crippen molar-refractivity contribution in [3.05, 3.63) is 0 Å². The summed E-state index contributed by atoms with van der Waals surface area (Å²) < 4.78 is 0. The van der Waals surface area contributed by atoms with Gasteiger partial charge in [-0.1, -0.05) is 19.7 Å². The maximum absolute atomic E-state index is 2.17. The van der Waals surface area contributed by atoms with Crippen LogP contribution in [0.5, 0.6) is 0 Å². The van der Waals surface area contributed by atoms with Gasteiger partial charge in [0.05, 0.1) is 0 Å². The maximum Gasteiger partial charge on any atom is 0.210 e. The van der Waals surface area contributed by atoms with Crippen LogP contribution in [0, 0.1) is 0 Å². The molecular weight excluding hydrogens is 84.9 g/mol. The van der Waals surface area contributed by atoms with Gasteiger partial charge in [-0.05, 0) is 14.1 Å². The van der Waals surface area contributed by atoms with E-state index < -0.39 is 0 Å². The Morgan fingerprint density at radius 1 is 1.29 bits per heavy atom. The SMILES string of the molecule is CC(C)[B]N(C)C. The number of rotatable bonds is 2. The molecule has 0 N–H and O–H groups in total. The van der Waals surface area contributed by atoms with Gasteiger partial charge in [0.1, 0.15) is 0 Å². The van der Waals surface area contributed by atoms with Crippen LogP contribution in [0.1, 0.15) is 13.8 Å². The minimum absolute atomic E-state index is 0.676. The molecule has 0 unspecified atom stereocenters. The first-order chi connectivity index (χ1) is 3.13. The first-order valence-electron chi connectivity index (χ1n) is 2.64. The van der Waals surface area contributed by atoms with E-state index in [2.05, 4.69) is 26.1 Å². The zero-order chi connectivity index (χ0) is 5.86. The molecule has 7 heavy (non-hydrogen) atoms. The van der Waals surface area contributed by atoms with Crippen LogP contribution in [-0.4, -0.2) is 26.3 Å². The lowest BCUT2D eigenvalue weighted by atomic mass is 9.77. The summed E-state index contributed by atoms with van der Waals surface area (Å²) in [6.45, 7) is 4.33. The molecule has 0 saturated heterocycles. The summed E-state index contributed by atoms with van der Waals surface area (Å²) in [5.41, 5.74) is 0. The molecule has 41 valence electrons. The molecule has 0 heterocycles. The second-order valence-electron chi connectivity index (χ2n) is 2.36. The van der Waals surface area contributed by atoms with E-state index in [0.29, 0.717) is 5.82 Å². The first-order valence-corrected chi connectivity index (χ1v) is 2.64. The van der Waals surface area contributed by atoms with Gasteiger partial charge in [-0.15, -0.1) is 0 Å². The molecule has 0 aromatic rings. The Bertz CT molecular complexity index is 37.3. The molecule has 0 aromatic carbocycles. The van der Waals surface area contributed by atoms with Crippen molar-refractivity contribution in [2.24, 2.45) is 0 Å². The lowest BCUT2D eigenvalue weighted by Crippen LogP contribution is -2.19. The van der Waals surface area contributed by atoms with Crippen LogP contribution in [0.2, 0.25) is 5.82 Å². The summed E-state index contributed by atoms with van der Waals surface area (Å²) >= 11 is 0. The van der Waals surface area contributed by atoms with Gasteiger partial charge in [0, 0.05) is 0 Å². The van der Waals surface area contributed by atoms with Gasteiger partial charge in [0.25, 0.3) is 0 Å². The number of hydrogen-bond acceptors (Lipinski definition) is 1. The van der Waals surface area contributed by atoms with Crippen molar-refractivity contribution in [2.75, 3.05) is 14.1 Å². The highest BCUT2D eigenvalue weighted by Gasteiger charge is 1.96. The molecule has 0 aliphatic rings. The van der Waals surface area contributed by atoms with E-state index in [1.807, 2.05) is 14.1 Å². The highest BCUT2D eigenvalue weighted by atomic mass is 15.0. The average molecular weight is 98.0 g/mol. The monoisotopic (exact) mass is 98.1 g/mol. The molecule has 0 amide bonds. The Balaban J connectivity index is 2.95. The average Bonchev–Trinajstić information content (AvgIpc) is 1.27. The molecular formula is C5H13BN. The van der Waals surface area contributed by atoms with E-state index in [1.54, 1.807) is 0 Å². The maximum atomic E-state index is 2.17. The van der Waals surface area contributed by atoms with Gasteiger partial charge in [-0.25, -0.2) is 0 Å². The van der Waals surface area contributed by atoms with E-state index in [0.717, 1.165) is 0 Å². The molecule has 0 aliphatic heterocycles. The van der Waals surface area contributed by atoms with Crippen LogP contribution in [0.3, 0.4) is 0 Å². The molecule has 1 radical (unpaired) electrons. The smallest absolute Gasteiger partial charge is 0.210 e. The predicted molar refractivity (Wildman–Crippen MR) is 34.5 cm³/mol. The largest absolute Gasteiger partial charge is 0.352 e. The number of nitrogens with zero attached hydrogens (tertiary/aromatic N) is 1. The minimum Gasteiger partial charge on any atom is -0.352 e. The van der Waals surface area contributed by atoms with Crippen LogP contribution in [-0.2, 0) is 0 Å². The van der Waals surface area contributed by atoms with Gasteiger partial charge in [-0.2, -0.15) is 0 Å².